The van der Waals surface area contributed by atoms with Crippen LogP contribution in [-0.4, -0.2) is 34.0 Å². The first-order valence-corrected chi connectivity index (χ1v) is 10.5. The van der Waals surface area contributed by atoms with Crippen LogP contribution in [0.15, 0.2) is 29.3 Å². The zero-order valence-corrected chi connectivity index (χ0v) is 16.9. The minimum Gasteiger partial charge on any atom is -0.352 e. The molecule has 28 heavy (non-hydrogen) atoms. The molecule has 0 aromatic carbocycles. The number of pyridine rings is 1. The Labute approximate surface area is 168 Å². The number of carbonyl (C=O) groups is 2. The SMILES string of the molecule is Cc1cnc(CCNC(=O)c2ccc(=O)n(CC(=O)NC3CCCCC3)c2)s1. The molecule has 2 aromatic rings. The average Bonchev–Trinajstić information content (AvgIpc) is 3.09. The van der Waals surface area contributed by atoms with E-state index in [2.05, 4.69) is 15.6 Å². The minimum absolute atomic E-state index is 0.0746. The fourth-order valence-corrected chi connectivity index (χ4v) is 4.15. The molecule has 1 aliphatic rings. The van der Waals surface area contributed by atoms with Crippen LogP contribution in [0.25, 0.3) is 0 Å². The van der Waals surface area contributed by atoms with Crippen molar-refractivity contribution in [3.63, 3.8) is 0 Å². The fraction of sp³-hybridized carbons (Fsp3) is 0.500. The number of rotatable bonds is 7. The van der Waals surface area contributed by atoms with Crippen molar-refractivity contribution in [2.45, 2.75) is 58.0 Å². The number of carbonyl (C=O) groups excluding carboxylic acids is 2. The van der Waals surface area contributed by atoms with E-state index in [1.807, 2.05) is 13.1 Å². The quantitative estimate of drug-likeness (QED) is 0.741. The van der Waals surface area contributed by atoms with Crippen LogP contribution in [0.1, 0.15) is 52.3 Å². The molecule has 1 fully saturated rings. The third kappa shape index (κ3) is 5.76. The Hall–Kier alpha value is -2.48. The van der Waals surface area contributed by atoms with Gasteiger partial charge in [-0.1, -0.05) is 19.3 Å². The van der Waals surface area contributed by atoms with Crippen LogP contribution in [0, 0.1) is 6.92 Å². The summed E-state index contributed by atoms with van der Waals surface area (Å²) in [4.78, 5) is 42.1. The molecule has 3 rings (SSSR count). The lowest BCUT2D eigenvalue weighted by Gasteiger charge is -2.22. The van der Waals surface area contributed by atoms with Gasteiger partial charge >= 0.3 is 0 Å². The van der Waals surface area contributed by atoms with E-state index in [0.29, 0.717) is 18.5 Å². The van der Waals surface area contributed by atoms with Crippen LogP contribution in [0.5, 0.6) is 0 Å². The lowest BCUT2D eigenvalue weighted by molar-refractivity contribution is -0.122. The molecular formula is C20H26N4O3S. The first-order chi connectivity index (χ1) is 13.5. The molecule has 2 heterocycles. The number of nitrogens with zero attached hydrogens (tertiary/aromatic N) is 2. The number of hydrogen-bond donors (Lipinski definition) is 2. The molecule has 0 bridgehead atoms. The van der Waals surface area contributed by atoms with E-state index in [1.54, 1.807) is 11.3 Å². The van der Waals surface area contributed by atoms with Gasteiger partial charge in [0.05, 0.1) is 10.6 Å². The Bertz CT molecular complexity index is 884. The zero-order chi connectivity index (χ0) is 19.9. The number of aryl methyl sites for hydroxylation is 1. The van der Waals surface area contributed by atoms with E-state index in [0.717, 1.165) is 35.6 Å². The summed E-state index contributed by atoms with van der Waals surface area (Å²) >= 11 is 1.61. The van der Waals surface area contributed by atoms with Gasteiger partial charge in [0.25, 0.3) is 11.5 Å². The van der Waals surface area contributed by atoms with Gasteiger partial charge in [-0.2, -0.15) is 0 Å². The number of nitrogens with one attached hydrogen (secondary N) is 2. The normalized spacial score (nSPS) is 14.6. The van der Waals surface area contributed by atoms with Gasteiger partial charge in [0.1, 0.15) is 6.54 Å². The molecule has 1 aliphatic carbocycles. The minimum atomic E-state index is -0.298. The Morgan fingerprint density at radius 1 is 1.25 bits per heavy atom. The Balaban J connectivity index is 1.54. The van der Waals surface area contributed by atoms with Crippen LogP contribution >= 0.6 is 11.3 Å². The highest BCUT2D eigenvalue weighted by Crippen LogP contribution is 2.17. The summed E-state index contributed by atoms with van der Waals surface area (Å²) < 4.78 is 1.29. The first-order valence-electron chi connectivity index (χ1n) is 9.70. The summed E-state index contributed by atoms with van der Waals surface area (Å²) in [5, 5.41) is 6.80. The third-order valence-corrected chi connectivity index (χ3v) is 5.80. The van der Waals surface area contributed by atoms with E-state index in [1.165, 1.54) is 29.3 Å². The number of amides is 2. The smallest absolute Gasteiger partial charge is 0.252 e. The fourth-order valence-electron chi connectivity index (χ4n) is 3.37. The first kappa shape index (κ1) is 20.3. The third-order valence-electron chi connectivity index (χ3n) is 4.82. The van der Waals surface area contributed by atoms with Crippen molar-refractivity contribution < 1.29 is 9.59 Å². The molecule has 0 atom stereocenters. The highest BCUT2D eigenvalue weighted by Gasteiger charge is 2.16. The summed E-state index contributed by atoms with van der Waals surface area (Å²) in [6, 6.07) is 3.01. The van der Waals surface area contributed by atoms with Gasteiger partial charge < -0.3 is 15.2 Å². The molecule has 1 saturated carbocycles. The van der Waals surface area contributed by atoms with E-state index in [4.69, 9.17) is 0 Å². The molecule has 0 aliphatic heterocycles. The second-order valence-electron chi connectivity index (χ2n) is 7.16. The van der Waals surface area contributed by atoms with Crippen molar-refractivity contribution in [2.75, 3.05) is 6.54 Å². The lowest BCUT2D eigenvalue weighted by Crippen LogP contribution is -2.40. The Morgan fingerprint density at radius 3 is 2.75 bits per heavy atom. The summed E-state index contributed by atoms with van der Waals surface area (Å²) in [7, 11) is 0. The van der Waals surface area contributed by atoms with Crippen molar-refractivity contribution in [1.82, 2.24) is 20.2 Å². The topological polar surface area (TPSA) is 93.1 Å². The van der Waals surface area contributed by atoms with Crippen LogP contribution < -0.4 is 16.2 Å². The molecule has 8 heteroatoms. The summed E-state index contributed by atoms with van der Waals surface area (Å²) in [6.45, 7) is 2.38. The zero-order valence-electron chi connectivity index (χ0n) is 16.1. The van der Waals surface area contributed by atoms with Crippen molar-refractivity contribution >= 4 is 23.2 Å². The number of aromatic nitrogens is 2. The second kappa shape index (κ2) is 9.64. The molecule has 150 valence electrons. The molecule has 2 amide bonds. The van der Waals surface area contributed by atoms with E-state index >= 15 is 0 Å². The van der Waals surface area contributed by atoms with Gasteiger partial charge in [-0.15, -0.1) is 11.3 Å². The van der Waals surface area contributed by atoms with Gasteiger partial charge in [-0.3, -0.25) is 14.4 Å². The van der Waals surface area contributed by atoms with E-state index < -0.39 is 0 Å². The summed E-state index contributed by atoms with van der Waals surface area (Å²) in [6.07, 6.45) is 9.37. The van der Waals surface area contributed by atoms with Crippen LogP contribution in [0.4, 0.5) is 0 Å². The van der Waals surface area contributed by atoms with E-state index in [-0.39, 0.29) is 30.0 Å². The number of hydrogen-bond acceptors (Lipinski definition) is 5. The summed E-state index contributed by atoms with van der Waals surface area (Å²) in [5.41, 5.74) is 0.0639. The summed E-state index contributed by atoms with van der Waals surface area (Å²) in [5.74, 6) is -0.458. The standard InChI is InChI=1S/C20H26N4O3S/c1-14-11-22-18(28-14)9-10-21-20(27)15-7-8-19(26)24(12-15)13-17(25)23-16-5-3-2-4-6-16/h7-8,11-12,16H,2-6,9-10,13H2,1H3,(H,21,27)(H,23,25). The van der Waals surface area contributed by atoms with Crippen molar-refractivity contribution in [1.29, 1.82) is 0 Å². The van der Waals surface area contributed by atoms with E-state index in [9.17, 15) is 14.4 Å². The number of thiazole rings is 1. The van der Waals surface area contributed by atoms with Crippen LogP contribution in [0.3, 0.4) is 0 Å². The predicted molar refractivity (Wildman–Crippen MR) is 109 cm³/mol. The maximum Gasteiger partial charge on any atom is 0.252 e. The van der Waals surface area contributed by atoms with Crippen molar-refractivity contribution in [3.8, 4) is 0 Å². The molecule has 0 saturated heterocycles. The predicted octanol–water partition coefficient (Wildman–Crippen LogP) is 2.03. The van der Waals surface area contributed by atoms with Gasteiger partial charge in [0.15, 0.2) is 0 Å². The maximum absolute atomic E-state index is 12.4. The van der Waals surface area contributed by atoms with Crippen LogP contribution in [-0.2, 0) is 17.8 Å². The molecule has 2 aromatic heterocycles. The lowest BCUT2D eigenvalue weighted by atomic mass is 9.95. The Morgan fingerprint density at radius 2 is 2.04 bits per heavy atom. The maximum atomic E-state index is 12.4. The Kier molecular flexibility index (Phi) is 6.97. The van der Waals surface area contributed by atoms with Gasteiger partial charge in [0.2, 0.25) is 5.91 Å². The molecule has 2 N–H and O–H groups in total. The van der Waals surface area contributed by atoms with Gasteiger partial charge in [-0.05, 0) is 25.8 Å². The van der Waals surface area contributed by atoms with Crippen molar-refractivity contribution in [3.05, 3.63) is 50.3 Å². The van der Waals surface area contributed by atoms with Gasteiger partial charge in [0, 0.05) is 42.3 Å². The highest BCUT2D eigenvalue weighted by molar-refractivity contribution is 7.11. The van der Waals surface area contributed by atoms with Crippen LogP contribution in [0.2, 0.25) is 0 Å². The highest BCUT2D eigenvalue weighted by atomic mass is 32.1. The monoisotopic (exact) mass is 402 g/mol. The molecule has 7 nitrogen and oxygen atoms in total. The molecule has 0 radical (unpaired) electrons. The van der Waals surface area contributed by atoms with Crippen molar-refractivity contribution in [2.24, 2.45) is 0 Å². The molecular weight excluding hydrogens is 376 g/mol. The molecule has 0 unspecified atom stereocenters. The second-order valence-corrected chi connectivity index (χ2v) is 8.48. The molecule has 0 spiro atoms. The average molecular weight is 403 g/mol. The van der Waals surface area contributed by atoms with Gasteiger partial charge in [-0.25, -0.2) is 4.98 Å². The largest absolute Gasteiger partial charge is 0.352 e.